The Balaban J connectivity index is 1.34. The normalized spacial score (nSPS) is 30.4. The number of carbonyl (C=O) groups is 2. The number of carbonyl (C=O) groups excluding carboxylic acids is 2. The molecule has 6 nitrogen and oxygen atoms in total. The maximum absolute atomic E-state index is 12.4. The first-order valence-corrected chi connectivity index (χ1v) is 12.2. The van der Waals surface area contributed by atoms with Gasteiger partial charge in [0, 0.05) is 24.4 Å². The Morgan fingerprint density at radius 1 is 1.00 bits per heavy atom. The predicted octanol–water partition coefficient (Wildman–Crippen LogP) is 2.10. The molecule has 2 fully saturated rings. The summed E-state index contributed by atoms with van der Waals surface area (Å²) in [5.74, 6) is 0.215. The molecule has 0 radical (unpaired) electrons. The van der Waals surface area contributed by atoms with Crippen LogP contribution in [0.3, 0.4) is 0 Å². The quantitative estimate of drug-likeness (QED) is 0.673. The molecule has 1 unspecified atom stereocenters. The summed E-state index contributed by atoms with van der Waals surface area (Å²) in [6.45, 7) is 0.710. The van der Waals surface area contributed by atoms with Gasteiger partial charge >= 0.3 is 0 Å². The molecule has 0 bridgehead atoms. The Morgan fingerprint density at radius 3 is 2.30 bits per heavy atom. The van der Waals surface area contributed by atoms with Crippen molar-refractivity contribution in [2.45, 2.75) is 70.3 Å². The third kappa shape index (κ3) is 6.06. The molecule has 0 aromatic heterocycles. The molecule has 2 aliphatic carbocycles. The van der Waals surface area contributed by atoms with Gasteiger partial charge in [0.15, 0.2) is 9.84 Å². The van der Waals surface area contributed by atoms with Crippen LogP contribution in [0.25, 0.3) is 0 Å². The van der Waals surface area contributed by atoms with E-state index in [-0.39, 0.29) is 41.2 Å². The molecule has 3 rings (SSSR count). The Kier molecular flexibility index (Phi) is 6.95. The minimum absolute atomic E-state index is 0.00115. The summed E-state index contributed by atoms with van der Waals surface area (Å²) in [5.41, 5.74) is 1.47. The molecule has 0 aromatic rings. The van der Waals surface area contributed by atoms with E-state index in [1.165, 1.54) is 31.3 Å². The van der Waals surface area contributed by atoms with Gasteiger partial charge in [-0.25, -0.2) is 8.42 Å². The van der Waals surface area contributed by atoms with Crippen LogP contribution in [0.4, 0.5) is 0 Å². The zero-order valence-corrected chi connectivity index (χ0v) is 16.9. The number of sulfone groups is 1. The summed E-state index contributed by atoms with van der Waals surface area (Å²) >= 11 is 0. The number of nitrogens with one attached hydrogen (secondary N) is 2. The summed E-state index contributed by atoms with van der Waals surface area (Å²) in [7, 11) is -2.98. The molecule has 1 aliphatic heterocycles. The maximum Gasteiger partial charge on any atom is 0.223 e. The molecular formula is C20H32N2O4S. The lowest BCUT2D eigenvalue weighted by Crippen LogP contribution is -2.42. The second-order valence-electron chi connectivity index (χ2n) is 8.31. The Morgan fingerprint density at radius 2 is 1.70 bits per heavy atom. The van der Waals surface area contributed by atoms with Gasteiger partial charge in [-0.05, 0) is 64.2 Å². The molecule has 0 spiro atoms. The standard InChI is InChI=1S/C20H32N2O4S/c23-19(21-12-10-15-4-2-1-3-5-15)16-6-8-17(9-7-16)20(24)22-18-11-13-27(25,26)14-18/h4,16-18H,1-3,5-14H2,(H,21,23)(H,22,24). The SMILES string of the molecule is O=C(NCCC1=CCCCC1)C1CCC(C(=O)NC2CCS(=O)(=O)C2)CC1. The van der Waals surface area contributed by atoms with Gasteiger partial charge in [0.2, 0.25) is 11.8 Å². The van der Waals surface area contributed by atoms with E-state index in [4.69, 9.17) is 0 Å². The van der Waals surface area contributed by atoms with Crippen LogP contribution in [0.5, 0.6) is 0 Å². The highest BCUT2D eigenvalue weighted by Crippen LogP contribution is 2.29. The molecule has 1 saturated carbocycles. The van der Waals surface area contributed by atoms with Crippen molar-refractivity contribution in [3.63, 3.8) is 0 Å². The van der Waals surface area contributed by atoms with Crippen molar-refractivity contribution in [2.24, 2.45) is 11.8 Å². The van der Waals surface area contributed by atoms with E-state index in [2.05, 4.69) is 16.7 Å². The fraction of sp³-hybridized carbons (Fsp3) is 0.800. The number of allylic oxidation sites excluding steroid dienone is 1. The molecular weight excluding hydrogens is 364 g/mol. The van der Waals surface area contributed by atoms with Crippen molar-refractivity contribution < 1.29 is 18.0 Å². The van der Waals surface area contributed by atoms with Crippen LogP contribution in [-0.4, -0.2) is 44.3 Å². The Labute approximate surface area is 162 Å². The average Bonchev–Trinajstić information content (AvgIpc) is 3.01. The number of hydrogen-bond acceptors (Lipinski definition) is 4. The van der Waals surface area contributed by atoms with Crippen molar-refractivity contribution in [1.29, 1.82) is 0 Å². The van der Waals surface area contributed by atoms with Gasteiger partial charge in [-0.1, -0.05) is 11.6 Å². The molecule has 1 saturated heterocycles. The van der Waals surface area contributed by atoms with E-state index in [1.807, 2.05) is 0 Å². The lowest BCUT2D eigenvalue weighted by molar-refractivity contribution is -0.130. The molecule has 0 aromatic carbocycles. The number of hydrogen-bond donors (Lipinski definition) is 2. The second-order valence-corrected chi connectivity index (χ2v) is 10.5. The first-order valence-electron chi connectivity index (χ1n) is 10.4. The van der Waals surface area contributed by atoms with E-state index in [1.54, 1.807) is 0 Å². The summed E-state index contributed by atoms with van der Waals surface area (Å²) < 4.78 is 23.0. The van der Waals surface area contributed by atoms with Crippen LogP contribution in [0, 0.1) is 11.8 Å². The summed E-state index contributed by atoms with van der Waals surface area (Å²) in [6, 6.07) is -0.238. The number of rotatable bonds is 6. The van der Waals surface area contributed by atoms with Gasteiger partial charge in [0.1, 0.15) is 0 Å². The van der Waals surface area contributed by atoms with Crippen molar-refractivity contribution >= 4 is 21.7 Å². The molecule has 1 heterocycles. The van der Waals surface area contributed by atoms with Crippen LogP contribution < -0.4 is 10.6 Å². The van der Waals surface area contributed by atoms with Crippen molar-refractivity contribution in [2.75, 3.05) is 18.1 Å². The topological polar surface area (TPSA) is 92.3 Å². The first-order chi connectivity index (χ1) is 12.9. The minimum atomic E-state index is -2.98. The fourth-order valence-electron chi connectivity index (χ4n) is 4.47. The van der Waals surface area contributed by atoms with Crippen molar-refractivity contribution in [3.05, 3.63) is 11.6 Å². The van der Waals surface area contributed by atoms with Crippen LogP contribution in [0.1, 0.15) is 64.2 Å². The predicted molar refractivity (Wildman–Crippen MR) is 105 cm³/mol. The van der Waals surface area contributed by atoms with E-state index in [9.17, 15) is 18.0 Å². The smallest absolute Gasteiger partial charge is 0.223 e. The second kappa shape index (κ2) is 9.22. The molecule has 2 N–H and O–H groups in total. The van der Waals surface area contributed by atoms with Gasteiger partial charge in [0.05, 0.1) is 11.5 Å². The van der Waals surface area contributed by atoms with E-state index < -0.39 is 9.84 Å². The Hall–Kier alpha value is -1.37. The third-order valence-corrected chi connectivity index (χ3v) is 7.95. The van der Waals surface area contributed by atoms with Crippen molar-refractivity contribution in [3.8, 4) is 0 Å². The van der Waals surface area contributed by atoms with E-state index in [0.717, 1.165) is 19.3 Å². The molecule has 3 aliphatic rings. The highest BCUT2D eigenvalue weighted by Gasteiger charge is 2.33. The van der Waals surface area contributed by atoms with Crippen LogP contribution in [0.2, 0.25) is 0 Å². The summed E-state index contributed by atoms with van der Waals surface area (Å²) in [5, 5.41) is 5.96. The monoisotopic (exact) mass is 396 g/mol. The highest BCUT2D eigenvalue weighted by atomic mass is 32.2. The maximum atomic E-state index is 12.4. The molecule has 1 atom stereocenters. The molecule has 152 valence electrons. The van der Waals surface area contributed by atoms with Crippen LogP contribution in [0.15, 0.2) is 11.6 Å². The van der Waals surface area contributed by atoms with Gasteiger partial charge < -0.3 is 10.6 Å². The molecule has 7 heteroatoms. The lowest BCUT2D eigenvalue weighted by atomic mass is 9.81. The average molecular weight is 397 g/mol. The zero-order chi connectivity index (χ0) is 19.3. The number of amides is 2. The Bertz CT molecular complexity index is 678. The lowest BCUT2D eigenvalue weighted by Gasteiger charge is -2.28. The summed E-state index contributed by atoms with van der Waals surface area (Å²) in [4.78, 5) is 24.7. The minimum Gasteiger partial charge on any atom is -0.356 e. The molecule has 2 amide bonds. The third-order valence-electron chi connectivity index (χ3n) is 6.18. The van der Waals surface area contributed by atoms with E-state index in [0.29, 0.717) is 25.8 Å². The van der Waals surface area contributed by atoms with Gasteiger partial charge in [0.25, 0.3) is 0 Å². The first kappa shape index (κ1) is 20.4. The highest BCUT2D eigenvalue weighted by molar-refractivity contribution is 7.91. The van der Waals surface area contributed by atoms with Gasteiger partial charge in [-0.15, -0.1) is 0 Å². The largest absolute Gasteiger partial charge is 0.356 e. The van der Waals surface area contributed by atoms with Crippen LogP contribution in [-0.2, 0) is 19.4 Å². The summed E-state index contributed by atoms with van der Waals surface area (Å²) in [6.07, 6.45) is 11.5. The van der Waals surface area contributed by atoms with E-state index >= 15 is 0 Å². The van der Waals surface area contributed by atoms with Crippen molar-refractivity contribution in [1.82, 2.24) is 10.6 Å². The van der Waals surface area contributed by atoms with Crippen LogP contribution >= 0.6 is 0 Å². The zero-order valence-electron chi connectivity index (χ0n) is 16.0. The van der Waals surface area contributed by atoms with Gasteiger partial charge in [-0.3, -0.25) is 9.59 Å². The van der Waals surface area contributed by atoms with Gasteiger partial charge in [-0.2, -0.15) is 0 Å². The fourth-order valence-corrected chi connectivity index (χ4v) is 6.14. The molecule has 27 heavy (non-hydrogen) atoms.